The Morgan fingerprint density at radius 2 is 2.00 bits per heavy atom. The third kappa shape index (κ3) is 3.29. The number of hydrogen-bond acceptors (Lipinski definition) is 5. The number of aryl methyl sites for hydroxylation is 2. The van der Waals surface area contributed by atoms with Crippen molar-refractivity contribution in [3.05, 3.63) is 11.4 Å². The number of carboxylic acids is 1. The van der Waals surface area contributed by atoms with Crippen LogP contribution in [0.15, 0.2) is 4.90 Å². The molecule has 1 saturated heterocycles. The Hall–Kier alpha value is -1.94. The highest BCUT2D eigenvalue weighted by Gasteiger charge is 2.37. The van der Waals surface area contributed by atoms with Crippen LogP contribution in [-0.2, 0) is 26.7 Å². The molecule has 2 N–H and O–H groups in total. The van der Waals surface area contributed by atoms with Gasteiger partial charge in [-0.1, -0.05) is 0 Å². The number of nitrogens with zero attached hydrogens (tertiary/aromatic N) is 3. The molecule has 1 aliphatic rings. The number of aromatic nitrogens is 2. The fraction of sp³-hybridized carbons (Fsp3) is 0.643. The number of likely N-dealkylation sites (tertiary alicyclic amines) is 1. The highest BCUT2D eigenvalue weighted by atomic mass is 32.2. The maximum Gasteiger partial charge on any atom is 0.326 e. The van der Waals surface area contributed by atoms with Crippen LogP contribution in [0.3, 0.4) is 0 Å². The highest BCUT2D eigenvalue weighted by Crippen LogP contribution is 2.21. The summed E-state index contributed by atoms with van der Waals surface area (Å²) < 4.78 is 29.0. The van der Waals surface area contributed by atoms with Gasteiger partial charge in [0.2, 0.25) is 15.9 Å². The van der Waals surface area contributed by atoms with Crippen LogP contribution < -0.4 is 4.72 Å². The molecular formula is C14H22N4O5S. The highest BCUT2D eigenvalue weighted by molar-refractivity contribution is 7.89. The predicted molar refractivity (Wildman–Crippen MR) is 84.8 cm³/mol. The van der Waals surface area contributed by atoms with Gasteiger partial charge in [-0.2, -0.15) is 9.82 Å². The largest absolute Gasteiger partial charge is 0.480 e. The Bertz CT molecular complexity index is 770. The third-order valence-electron chi connectivity index (χ3n) is 4.23. The Balaban J connectivity index is 2.20. The molecule has 134 valence electrons. The average Bonchev–Trinajstić information content (AvgIpc) is 3.03. The molecule has 0 radical (unpaired) electrons. The van der Waals surface area contributed by atoms with Gasteiger partial charge in [0.1, 0.15) is 10.9 Å². The summed E-state index contributed by atoms with van der Waals surface area (Å²) in [7, 11) is -2.30. The molecule has 9 nitrogen and oxygen atoms in total. The molecule has 1 aromatic rings. The molecule has 1 aliphatic heterocycles. The summed E-state index contributed by atoms with van der Waals surface area (Å²) in [6.07, 6.45) is 0.963. The number of carbonyl (C=O) groups is 2. The van der Waals surface area contributed by atoms with Crippen LogP contribution >= 0.6 is 0 Å². The summed E-state index contributed by atoms with van der Waals surface area (Å²) in [6.45, 7) is 4.93. The van der Waals surface area contributed by atoms with E-state index in [-0.39, 0.29) is 4.90 Å². The van der Waals surface area contributed by atoms with E-state index in [1.165, 1.54) is 16.5 Å². The monoisotopic (exact) mass is 358 g/mol. The summed E-state index contributed by atoms with van der Waals surface area (Å²) in [5.41, 5.74) is 0.802. The van der Waals surface area contributed by atoms with Crippen molar-refractivity contribution in [3.8, 4) is 0 Å². The lowest BCUT2D eigenvalue weighted by Crippen LogP contribution is -2.50. The molecule has 1 aromatic heterocycles. The molecule has 0 saturated carbocycles. The van der Waals surface area contributed by atoms with Crippen molar-refractivity contribution < 1.29 is 23.1 Å². The molecule has 2 rings (SSSR count). The molecule has 0 aromatic carbocycles. The lowest BCUT2D eigenvalue weighted by Gasteiger charge is -2.25. The molecule has 0 spiro atoms. The summed E-state index contributed by atoms with van der Waals surface area (Å²) in [5.74, 6) is -1.61. The fourth-order valence-corrected chi connectivity index (χ4v) is 4.66. The van der Waals surface area contributed by atoms with E-state index in [0.717, 1.165) is 0 Å². The Morgan fingerprint density at radius 1 is 1.38 bits per heavy atom. The van der Waals surface area contributed by atoms with Crippen molar-refractivity contribution in [3.63, 3.8) is 0 Å². The van der Waals surface area contributed by atoms with Gasteiger partial charge in [-0.25, -0.2) is 13.2 Å². The average molecular weight is 358 g/mol. The second-order valence-electron chi connectivity index (χ2n) is 5.99. The van der Waals surface area contributed by atoms with Gasteiger partial charge in [0.15, 0.2) is 0 Å². The zero-order valence-electron chi connectivity index (χ0n) is 14.1. The zero-order valence-corrected chi connectivity index (χ0v) is 14.9. The molecule has 10 heteroatoms. The SMILES string of the molecule is Cc1nn(C)c(C)c1S(=O)(=O)NC(C)C(=O)N1CCCC1C(=O)O. The quantitative estimate of drug-likeness (QED) is 0.750. The van der Waals surface area contributed by atoms with Gasteiger partial charge < -0.3 is 10.0 Å². The minimum absolute atomic E-state index is 0.0425. The standard InChI is InChI=1S/C14H22N4O5S/c1-8-12(10(3)17(4)15-8)24(22,23)16-9(2)13(19)18-7-5-6-11(18)14(20)21/h9,11,16H,5-7H2,1-4H3,(H,20,21). The topological polar surface area (TPSA) is 122 Å². The summed E-state index contributed by atoms with van der Waals surface area (Å²) >= 11 is 0. The van der Waals surface area contributed by atoms with Crippen LogP contribution in [-0.4, -0.2) is 58.7 Å². The van der Waals surface area contributed by atoms with Crippen LogP contribution in [0.25, 0.3) is 0 Å². The third-order valence-corrected chi connectivity index (χ3v) is 6.03. The van der Waals surface area contributed by atoms with Gasteiger partial charge in [0, 0.05) is 13.6 Å². The number of aliphatic carboxylic acids is 1. The summed E-state index contributed by atoms with van der Waals surface area (Å²) in [5, 5.41) is 13.2. The number of amides is 1. The number of carboxylic acid groups (broad SMARTS) is 1. The first-order valence-corrected chi connectivity index (χ1v) is 9.10. The van der Waals surface area contributed by atoms with Gasteiger partial charge in [-0.3, -0.25) is 9.48 Å². The lowest BCUT2D eigenvalue weighted by atomic mass is 10.2. The van der Waals surface area contributed by atoms with E-state index < -0.39 is 34.0 Å². The second kappa shape index (κ2) is 6.52. The molecule has 1 fully saturated rings. The van der Waals surface area contributed by atoms with Crippen molar-refractivity contribution in [1.82, 2.24) is 19.4 Å². The first kappa shape index (κ1) is 18.4. The number of rotatable bonds is 5. The van der Waals surface area contributed by atoms with Crippen molar-refractivity contribution in [1.29, 1.82) is 0 Å². The lowest BCUT2D eigenvalue weighted by molar-refractivity contribution is -0.148. The van der Waals surface area contributed by atoms with Crippen LogP contribution in [0.4, 0.5) is 0 Å². The number of nitrogens with one attached hydrogen (secondary N) is 1. The van der Waals surface area contributed by atoms with Gasteiger partial charge in [-0.15, -0.1) is 0 Å². The second-order valence-corrected chi connectivity index (χ2v) is 7.65. The minimum Gasteiger partial charge on any atom is -0.480 e. The number of hydrogen-bond donors (Lipinski definition) is 2. The normalized spacial score (nSPS) is 19.5. The van der Waals surface area contributed by atoms with Crippen LogP contribution in [0, 0.1) is 13.8 Å². The van der Waals surface area contributed by atoms with Gasteiger partial charge in [0.25, 0.3) is 0 Å². The van der Waals surface area contributed by atoms with Crippen molar-refractivity contribution in [2.45, 2.75) is 50.6 Å². The smallest absolute Gasteiger partial charge is 0.326 e. The van der Waals surface area contributed by atoms with E-state index in [4.69, 9.17) is 5.11 Å². The van der Waals surface area contributed by atoms with Gasteiger partial charge in [-0.05, 0) is 33.6 Å². The van der Waals surface area contributed by atoms with Gasteiger partial charge >= 0.3 is 5.97 Å². The number of sulfonamides is 1. The first-order chi connectivity index (χ1) is 11.1. The van der Waals surface area contributed by atoms with E-state index >= 15 is 0 Å². The number of carbonyl (C=O) groups excluding carboxylic acids is 1. The predicted octanol–water partition coefficient (Wildman–Crippen LogP) is -0.221. The van der Waals surface area contributed by atoms with Crippen LogP contribution in [0.5, 0.6) is 0 Å². The molecule has 2 heterocycles. The maximum atomic E-state index is 12.6. The molecular weight excluding hydrogens is 336 g/mol. The van der Waals surface area contributed by atoms with E-state index in [1.54, 1.807) is 20.9 Å². The van der Waals surface area contributed by atoms with E-state index in [0.29, 0.717) is 30.8 Å². The Morgan fingerprint density at radius 3 is 2.50 bits per heavy atom. The fourth-order valence-electron chi connectivity index (χ4n) is 3.02. The Kier molecular flexibility index (Phi) is 5.00. The van der Waals surface area contributed by atoms with Crippen LogP contribution in [0.2, 0.25) is 0 Å². The van der Waals surface area contributed by atoms with Crippen molar-refractivity contribution in [2.24, 2.45) is 7.05 Å². The Labute approximate surface area is 140 Å². The molecule has 0 aliphatic carbocycles. The summed E-state index contributed by atoms with van der Waals surface area (Å²) in [4.78, 5) is 24.9. The van der Waals surface area contributed by atoms with E-state index in [9.17, 15) is 18.0 Å². The zero-order chi connectivity index (χ0) is 18.2. The van der Waals surface area contributed by atoms with Gasteiger partial charge in [0.05, 0.1) is 17.4 Å². The molecule has 2 atom stereocenters. The molecule has 0 bridgehead atoms. The van der Waals surface area contributed by atoms with Crippen molar-refractivity contribution in [2.75, 3.05) is 6.54 Å². The summed E-state index contributed by atoms with van der Waals surface area (Å²) in [6, 6.07) is -1.96. The minimum atomic E-state index is -3.94. The van der Waals surface area contributed by atoms with E-state index in [1.807, 2.05) is 0 Å². The van der Waals surface area contributed by atoms with E-state index in [2.05, 4.69) is 9.82 Å². The van der Waals surface area contributed by atoms with Crippen LogP contribution in [0.1, 0.15) is 31.2 Å². The first-order valence-electron chi connectivity index (χ1n) is 7.62. The van der Waals surface area contributed by atoms with Crippen molar-refractivity contribution >= 4 is 21.9 Å². The molecule has 1 amide bonds. The maximum absolute atomic E-state index is 12.6. The molecule has 2 unspecified atom stereocenters. The molecule has 24 heavy (non-hydrogen) atoms.